The van der Waals surface area contributed by atoms with E-state index in [2.05, 4.69) is 9.97 Å². The van der Waals surface area contributed by atoms with Crippen LogP contribution in [0.4, 0.5) is 0 Å². The van der Waals surface area contributed by atoms with Gasteiger partial charge in [0.2, 0.25) is 0 Å². The van der Waals surface area contributed by atoms with Gasteiger partial charge in [0, 0.05) is 29.8 Å². The van der Waals surface area contributed by atoms with Gasteiger partial charge in [0.25, 0.3) is 5.91 Å². The largest absolute Gasteiger partial charge is 0.376 e. The predicted octanol–water partition coefficient (Wildman–Crippen LogP) is 4.41. The quantitative estimate of drug-likeness (QED) is 0.642. The van der Waals surface area contributed by atoms with E-state index in [9.17, 15) is 4.79 Å². The molecule has 144 valence electrons. The monoisotopic (exact) mass is 395 g/mol. The molecule has 1 aliphatic rings. The number of pyridine rings is 2. The Hall–Kier alpha value is -2.50. The van der Waals surface area contributed by atoms with E-state index < -0.39 is 0 Å². The summed E-state index contributed by atoms with van der Waals surface area (Å²) in [5.41, 5.74) is 2.97. The summed E-state index contributed by atoms with van der Waals surface area (Å²) in [5, 5.41) is 1.48. The summed E-state index contributed by atoms with van der Waals surface area (Å²) >= 11 is 6.13. The number of hydrogen-bond donors (Lipinski definition) is 0. The average molecular weight is 396 g/mol. The van der Waals surface area contributed by atoms with Crippen molar-refractivity contribution >= 4 is 28.4 Å². The first-order chi connectivity index (χ1) is 13.6. The van der Waals surface area contributed by atoms with Gasteiger partial charge in [0.1, 0.15) is 0 Å². The highest BCUT2D eigenvalue weighted by Crippen LogP contribution is 2.23. The van der Waals surface area contributed by atoms with Crippen LogP contribution in [0.2, 0.25) is 5.02 Å². The molecule has 0 aliphatic carbocycles. The van der Waals surface area contributed by atoms with E-state index >= 15 is 0 Å². The van der Waals surface area contributed by atoms with Crippen LogP contribution in [0, 0.1) is 6.92 Å². The normalized spacial score (nSPS) is 16.4. The zero-order chi connectivity index (χ0) is 19.5. The molecule has 1 aliphatic heterocycles. The second kappa shape index (κ2) is 8.25. The lowest BCUT2D eigenvalue weighted by atomic mass is 10.1. The van der Waals surface area contributed by atoms with Crippen molar-refractivity contribution in [1.29, 1.82) is 0 Å². The van der Waals surface area contributed by atoms with Gasteiger partial charge in [0.05, 0.1) is 35.1 Å². The molecule has 28 heavy (non-hydrogen) atoms. The number of rotatable bonds is 5. The van der Waals surface area contributed by atoms with Crippen molar-refractivity contribution in [3.05, 3.63) is 70.6 Å². The number of halogens is 1. The van der Waals surface area contributed by atoms with Crippen molar-refractivity contribution in [2.45, 2.75) is 32.4 Å². The van der Waals surface area contributed by atoms with Crippen LogP contribution < -0.4 is 0 Å². The molecule has 0 saturated carbocycles. The first-order valence-corrected chi connectivity index (χ1v) is 9.85. The van der Waals surface area contributed by atoms with Crippen LogP contribution >= 0.6 is 11.6 Å². The lowest BCUT2D eigenvalue weighted by Gasteiger charge is -2.26. The molecule has 2 aromatic heterocycles. The minimum atomic E-state index is -0.0620. The smallest absolute Gasteiger partial charge is 0.256 e. The van der Waals surface area contributed by atoms with E-state index in [1.807, 2.05) is 54.3 Å². The summed E-state index contributed by atoms with van der Waals surface area (Å²) in [6.45, 7) is 3.60. The standard InChI is InChI=1S/C22H22ClN3O2/c1-15-20(12-16-11-17(23)7-8-21(16)25-15)22(27)26(14-19-6-4-10-28-19)13-18-5-2-3-9-24-18/h2-3,5,7-9,11-12,19H,4,6,10,13-14H2,1H3/t19-/m1/s1. The highest BCUT2D eigenvalue weighted by Gasteiger charge is 2.25. The Kier molecular flexibility index (Phi) is 5.55. The second-order valence-corrected chi connectivity index (χ2v) is 7.54. The Morgan fingerprint density at radius 1 is 1.29 bits per heavy atom. The summed E-state index contributed by atoms with van der Waals surface area (Å²) in [6.07, 6.45) is 3.81. The molecule has 0 unspecified atom stereocenters. The molecule has 6 heteroatoms. The molecule has 0 radical (unpaired) electrons. The SMILES string of the molecule is Cc1nc2ccc(Cl)cc2cc1C(=O)N(Cc1ccccn1)C[C@H]1CCCO1. The number of aromatic nitrogens is 2. The van der Waals surface area contributed by atoms with Crippen LogP contribution in [-0.2, 0) is 11.3 Å². The maximum atomic E-state index is 13.5. The van der Waals surface area contributed by atoms with Gasteiger partial charge >= 0.3 is 0 Å². The molecule has 0 bridgehead atoms. The Labute approximate surface area is 169 Å². The number of carbonyl (C=O) groups excluding carboxylic acids is 1. The van der Waals surface area contributed by atoms with E-state index in [-0.39, 0.29) is 12.0 Å². The predicted molar refractivity (Wildman–Crippen MR) is 109 cm³/mol. The van der Waals surface area contributed by atoms with Crippen LogP contribution in [-0.4, -0.2) is 40.0 Å². The Morgan fingerprint density at radius 3 is 2.93 bits per heavy atom. The fraction of sp³-hybridized carbons (Fsp3) is 0.318. The van der Waals surface area contributed by atoms with Gasteiger partial charge in [-0.1, -0.05) is 17.7 Å². The minimum absolute atomic E-state index is 0.0620. The number of amides is 1. The molecule has 1 saturated heterocycles. The fourth-order valence-corrected chi connectivity index (χ4v) is 3.75. The number of carbonyl (C=O) groups is 1. The number of aryl methyl sites for hydroxylation is 1. The third kappa shape index (κ3) is 4.16. The van der Waals surface area contributed by atoms with Crippen LogP contribution in [0.25, 0.3) is 10.9 Å². The summed E-state index contributed by atoms with van der Waals surface area (Å²) in [6, 6.07) is 13.1. The van der Waals surface area contributed by atoms with Gasteiger partial charge in [-0.25, -0.2) is 0 Å². The van der Waals surface area contributed by atoms with Crippen molar-refractivity contribution in [3.63, 3.8) is 0 Å². The molecular formula is C22H22ClN3O2. The van der Waals surface area contributed by atoms with E-state index in [1.54, 1.807) is 6.20 Å². The first kappa shape index (κ1) is 18.8. The van der Waals surface area contributed by atoms with Gasteiger partial charge in [-0.3, -0.25) is 14.8 Å². The van der Waals surface area contributed by atoms with E-state index in [0.29, 0.717) is 29.4 Å². The summed E-state index contributed by atoms with van der Waals surface area (Å²) < 4.78 is 5.78. The fourth-order valence-electron chi connectivity index (χ4n) is 3.57. The number of ether oxygens (including phenoxy) is 1. The molecule has 5 nitrogen and oxygen atoms in total. The maximum absolute atomic E-state index is 13.5. The van der Waals surface area contributed by atoms with Crippen molar-refractivity contribution in [3.8, 4) is 0 Å². The van der Waals surface area contributed by atoms with Crippen LogP contribution in [0.5, 0.6) is 0 Å². The summed E-state index contributed by atoms with van der Waals surface area (Å²) in [5.74, 6) is -0.0620. The van der Waals surface area contributed by atoms with Gasteiger partial charge < -0.3 is 9.64 Å². The third-order valence-corrected chi connectivity index (χ3v) is 5.25. The molecule has 4 rings (SSSR count). The first-order valence-electron chi connectivity index (χ1n) is 9.48. The number of benzene rings is 1. The topological polar surface area (TPSA) is 55.3 Å². The van der Waals surface area contributed by atoms with Crippen molar-refractivity contribution in [2.75, 3.05) is 13.2 Å². The molecule has 1 amide bonds. The van der Waals surface area contributed by atoms with Crippen molar-refractivity contribution < 1.29 is 9.53 Å². The highest BCUT2D eigenvalue weighted by molar-refractivity contribution is 6.31. The molecule has 1 atom stereocenters. The summed E-state index contributed by atoms with van der Waals surface area (Å²) in [4.78, 5) is 24.3. The van der Waals surface area contributed by atoms with Gasteiger partial charge in [-0.2, -0.15) is 0 Å². The number of nitrogens with zero attached hydrogens (tertiary/aromatic N) is 3. The Bertz CT molecular complexity index is 988. The molecule has 3 aromatic rings. The lowest BCUT2D eigenvalue weighted by molar-refractivity contribution is 0.0503. The van der Waals surface area contributed by atoms with Crippen LogP contribution in [0.1, 0.15) is 34.6 Å². The van der Waals surface area contributed by atoms with E-state index in [4.69, 9.17) is 16.3 Å². The Balaban J connectivity index is 1.67. The zero-order valence-electron chi connectivity index (χ0n) is 15.8. The molecular weight excluding hydrogens is 374 g/mol. The molecule has 1 aromatic carbocycles. The average Bonchev–Trinajstić information content (AvgIpc) is 3.21. The number of fused-ring (bicyclic) bond motifs is 1. The maximum Gasteiger partial charge on any atom is 0.256 e. The van der Waals surface area contributed by atoms with Crippen LogP contribution in [0.15, 0.2) is 48.7 Å². The number of hydrogen-bond acceptors (Lipinski definition) is 4. The van der Waals surface area contributed by atoms with E-state index in [0.717, 1.165) is 36.0 Å². The lowest BCUT2D eigenvalue weighted by Crippen LogP contribution is -2.37. The third-order valence-electron chi connectivity index (χ3n) is 5.01. The minimum Gasteiger partial charge on any atom is -0.376 e. The highest BCUT2D eigenvalue weighted by atomic mass is 35.5. The van der Waals surface area contributed by atoms with Gasteiger partial charge in [-0.15, -0.1) is 0 Å². The molecule has 0 spiro atoms. The molecule has 3 heterocycles. The van der Waals surface area contributed by atoms with E-state index in [1.165, 1.54) is 0 Å². The Morgan fingerprint density at radius 2 is 2.18 bits per heavy atom. The molecule has 1 fully saturated rings. The van der Waals surface area contributed by atoms with Crippen molar-refractivity contribution in [2.24, 2.45) is 0 Å². The summed E-state index contributed by atoms with van der Waals surface area (Å²) in [7, 11) is 0. The van der Waals surface area contributed by atoms with Crippen LogP contribution in [0.3, 0.4) is 0 Å². The van der Waals surface area contributed by atoms with Gasteiger partial charge in [-0.05, 0) is 56.2 Å². The van der Waals surface area contributed by atoms with Gasteiger partial charge in [0.15, 0.2) is 0 Å². The van der Waals surface area contributed by atoms with Crippen molar-refractivity contribution in [1.82, 2.24) is 14.9 Å². The zero-order valence-corrected chi connectivity index (χ0v) is 16.5. The molecule has 0 N–H and O–H groups in total. The second-order valence-electron chi connectivity index (χ2n) is 7.10.